The first-order valence-corrected chi connectivity index (χ1v) is 9.67. The average molecular weight is 374 g/mol. The molecule has 1 heterocycles. The number of amides is 1. The smallest absolute Gasteiger partial charge is 0.279 e. The first kappa shape index (κ1) is 18.9. The fourth-order valence-corrected chi connectivity index (χ4v) is 3.85. The minimum absolute atomic E-state index is 0.104. The van der Waals surface area contributed by atoms with E-state index >= 15 is 0 Å². The number of halogens is 1. The number of nitrogens with one attached hydrogen (secondary N) is 3. The van der Waals surface area contributed by atoms with Crippen molar-refractivity contribution in [2.45, 2.75) is 20.4 Å². The van der Waals surface area contributed by atoms with E-state index in [2.05, 4.69) is 11.4 Å². The lowest BCUT2D eigenvalue weighted by atomic mass is 10.1. The maximum Gasteiger partial charge on any atom is 0.279 e. The standard InChI is InChI=1S/C21H26ClN3O/c1-16-6-5-7-17(2)21(16)23-20(26)15-25-12-10-24(11-13-25)14-18-8-3-4-9-19(18)22/h3-9H,10-15H2,1-2H3,(H,23,26)/p+2. The molecule has 26 heavy (non-hydrogen) atoms. The van der Waals surface area contributed by atoms with E-state index in [9.17, 15) is 4.79 Å². The number of aryl methyl sites for hydroxylation is 2. The molecular formula is C21H28ClN3O+2. The number of carbonyl (C=O) groups excluding carboxylic acids is 1. The van der Waals surface area contributed by atoms with Crippen LogP contribution in [0.3, 0.4) is 0 Å². The van der Waals surface area contributed by atoms with Gasteiger partial charge in [0.05, 0.1) is 0 Å². The Bertz CT molecular complexity index is 749. The van der Waals surface area contributed by atoms with Crippen molar-refractivity contribution in [2.24, 2.45) is 0 Å². The second kappa shape index (κ2) is 8.67. The van der Waals surface area contributed by atoms with Crippen LogP contribution in [0.2, 0.25) is 5.02 Å². The average Bonchev–Trinajstić information content (AvgIpc) is 2.62. The van der Waals surface area contributed by atoms with Crippen LogP contribution in [-0.4, -0.2) is 38.6 Å². The van der Waals surface area contributed by atoms with Gasteiger partial charge in [-0.1, -0.05) is 48.0 Å². The van der Waals surface area contributed by atoms with E-state index in [4.69, 9.17) is 11.6 Å². The normalized spacial score (nSPS) is 20.0. The molecule has 3 rings (SSSR count). The molecule has 1 amide bonds. The van der Waals surface area contributed by atoms with Crippen molar-refractivity contribution in [3.8, 4) is 0 Å². The molecule has 3 N–H and O–H groups in total. The maximum absolute atomic E-state index is 12.4. The number of piperazine rings is 1. The largest absolute Gasteiger partial charge is 0.322 e. The first-order valence-electron chi connectivity index (χ1n) is 9.29. The second-order valence-electron chi connectivity index (χ2n) is 7.26. The predicted molar refractivity (Wildman–Crippen MR) is 106 cm³/mol. The molecular weight excluding hydrogens is 346 g/mol. The van der Waals surface area contributed by atoms with Gasteiger partial charge in [-0.25, -0.2) is 0 Å². The van der Waals surface area contributed by atoms with Gasteiger partial charge < -0.3 is 15.1 Å². The summed E-state index contributed by atoms with van der Waals surface area (Å²) in [5, 5.41) is 3.95. The molecule has 138 valence electrons. The lowest BCUT2D eigenvalue weighted by Gasteiger charge is -2.29. The van der Waals surface area contributed by atoms with Gasteiger partial charge in [-0.3, -0.25) is 4.79 Å². The highest BCUT2D eigenvalue weighted by atomic mass is 35.5. The minimum atomic E-state index is 0.104. The molecule has 0 bridgehead atoms. The van der Waals surface area contributed by atoms with E-state index < -0.39 is 0 Å². The van der Waals surface area contributed by atoms with Crippen LogP contribution in [-0.2, 0) is 11.3 Å². The number of anilines is 1. The van der Waals surface area contributed by atoms with Gasteiger partial charge in [-0.2, -0.15) is 0 Å². The Morgan fingerprint density at radius 3 is 2.23 bits per heavy atom. The highest BCUT2D eigenvalue weighted by Gasteiger charge is 2.25. The van der Waals surface area contributed by atoms with E-state index in [0.29, 0.717) is 6.54 Å². The minimum Gasteiger partial charge on any atom is -0.322 e. The molecule has 0 aliphatic carbocycles. The fourth-order valence-electron chi connectivity index (χ4n) is 3.64. The monoisotopic (exact) mass is 373 g/mol. The summed E-state index contributed by atoms with van der Waals surface area (Å²) in [7, 11) is 0. The van der Waals surface area contributed by atoms with Gasteiger partial charge in [-0.05, 0) is 31.0 Å². The van der Waals surface area contributed by atoms with Crippen molar-refractivity contribution in [2.75, 3.05) is 38.0 Å². The van der Waals surface area contributed by atoms with Crippen LogP contribution in [0.25, 0.3) is 0 Å². The number of hydrogen-bond donors (Lipinski definition) is 3. The SMILES string of the molecule is Cc1cccc(C)c1NC(=O)C[NH+]1CC[NH+](Cc2ccccc2Cl)CC1. The van der Waals surface area contributed by atoms with Crippen LogP contribution >= 0.6 is 11.6 Å². The Kier molecular flexibility index (Phi) is 6.30. The third-order valence-electron chi connectivity index (χ3n) is 5.22. The third kappa shape index (κ3) is 4.85. The second-order valence-corrected chi connectivity index (χ2v) is 7.67. The van der Waals surface area contributed by atoms with Crippen LogP contribution in [0.4, 0.5) is 5.69 Å². The Morgan fingerprint density at radius 2 is 1.58 bits per heavy atom. The van der Waals surface area contributed by atoms with Gasteiger partial charge in [0.15, 0.2) is 6.54 Å². The third-order valence-corrected chi connectivity index (χ3v) is 5.59. The first-order chi connectivity index (χ1) is 12.5. The van der Waals surface area contributed by atoms with Crippen LogP contribution < -0.4 is 15.1 Å². The molecule has 2 aromatic carbocycles. The molecule has 0 radical (unpaired) electrons. The topological polar surface area (TPSA) is 38.0 Å². The van der Waals surface area contributed by atoms with Crippen molar-refractivity contribution in [1.29, 1.82) is 0 Å². The summed E-state index contributed by atoms with van der Waals surface area (Å²) in [4.78, 5) is 15.3. The van der Waals surface area contributed by atoms with Crippen molar-refractivity contribution < 1.29 is 14.6 Å². The Balaban J connectivity index is 1.48. The summed E-state index contributed by atoms with van der Waals surface area (Å²) in [6.07, 6.45) is 0. The molecule has 0 saturated carbocycles. The van der Waals surface area contributed by atoms with Crippen LogP contribution in [0.15, 0.2) is 42.5 Å². The van der Waals surface area contributed by atoms with Crippen molar-refractivity contribution in [3.63, 3.8) is 0 Å². The van der Waals surface area contributed by atoms with E-state index in [1.807, 2.05) is 50.2 Å². The molecule has 1 aliphatic rings. The number of rotatable bonds is 5. The zero-order chi connectivity index (χ0) is 18.5. The molecule has 0 unspecified atom stereocenters. The molecule has 1 fully saturated rings. The zero-order valence-electron chi connectivity index (χ0n) is 15.6. The van der Waals surface area contributed by atoms with Gasteiger partial charge in [0.2, 0.25) is 0 Å². The summed E-state index contributed by atoms with van der Waals surface area (Å²) >= 11 is 6.27. The lowest BCUT2D eigenvalue weighted by molar-refractivity contribution is -1.02. The summed E-state index contributed by atoms with van der Waals surface area (Å²) in [5.74, 6) is 0.104. The number of benzene rings is 2. The van der Waals surface area contributed by atoms with Gasteiger partial charge in [0, 0.05) is 16.3 Å². The molecule has 2 aromatic rings. The highest BCUT2D eigenvalue weighted by Crippen LogP contribution is 2.18. The molecule has 0 spiro atoms. The number of hydrogen-bond acceptors (Lipinski definition) is 1. The number of carbonyl (C=O) groups is 1. The molecule has 1 aliphatic heterocycles. The quantitative estimate of drug-likeness (QED) is 0.715. The van der Waals surface area contributed by atoms with Gasteiger partial charge >= 0.3 is 0 Å². The van der Waals surface area contributed by atoms with Crippen molar-refractivity contribution >= 4 is 23.2 Å². The van der Waals surface area contributed by atoms with Crippen LogP contribution in [0.1, 0.15) is 16.7 Å². The van der Waals surface area contributed by atoms with Gasteiger partial charge in [-0.15, -0.1) is 0 Å². The maximum atomic E-state index is 12.4. The summed E-state index contributed by atoms with van der Waals surface area (Å²) in [6.45, 7) is 9.72. The number of para-hydroxylation sites is 1. The molecule has 5 heteroatoms. The van der Waals surface area contributed by atoms with Gasteiger partial charge in [0.25, 0.3) is 5.91 Å². The van der Waals surface area contributed by atoms with Crippen molar-refractivity contribution in [3.05, 3.63) is 64.2 Å². The molecule has 4 nitrogen and oxygen atoms in total. The zero-order valence-corrected chi connectivity index (χ0v) is 16.3. The summed E-state index contributed by atoms with van der Waals surface area (Å²) in [5.41, 5.74) is 4.39. The Morgan fingerprint density at radius 1 is 0.962 bits per heavy atom. The lowest BCUT2D eigenvalue weighted by Crippen LogP contribution is -3.28. The van der Waals surface area contributed by atoms with E-state index in [0.717, 1.165) is 54.6 Å². The highest BCUT2D eigenvalue weighted by molar-refractivity contribution is 6.31. The summed E-state index contributed by atoms with van der Waals surface area (Å²) in [6, 6.07) is 14.2. The fraction of sp³-hybridized carbons (Fsp3) is 0.381. The summed E-state index contributed by atoms with van der Waals surface area (Å²) < 4.78 is 0. The number of quaternary nitrogens is 2. The van der Waals surface area contributed by atoms with Crippen LogP contribution in [0, 0.1) is 13.8 Å². The van der Waals surface area contributed by atoms with Crippen molar-refractivity contribution in [1.82, 2.24) is 0 Å². The Labute approximate surface area is 160 Å². The van der Waals surface area contributed by atoms with E-state index in [1.54, 1.807) is 0 Å². The molecule has 0 aromatic heterocycles. The van der Waals surface area contributed by atoms with E-state index in [1.165, 1.54) is 15.4 Å². The molecule has 1 saturated heterocycles. The van der Waals surface area contributed by atoms with E-state index in [-0.39, 0.29) is 5.91 Å². The predicted octanol–water partition coefficient (Wildman–Crippen LogP) is 0.879. The van der Waals surface area contributed by atoms with Gasteiger partial charge in [0.1, 0.15) is 32.7 Å². The van der Waals surface area contributed by atoms with Crippen LogP contribution in [0.5, 0.6) is 0 Å². The molecule has 0 atom stereocenters. The Hall–Kier alpha value is -1.88.